The molecule has 0 aliphatic carbocycles. The molecule has 0 aliphatic heterocycles. The van der Waals surface area contributed by atoms with Crippen LogP contribution in [-0.2, 0) is 20.3 Å². The highest BCUT2D eigenvalue weighted by molar-refractivity contribution is 7.85. The molecule has 0 saturated carbocycles. The fraction of sp³-hybridized carbons (Fsp3) is 0.417. The summed E-state index contributed by atoms with van der Waals surface area (Å²) >= 11 is 5.75. The van der Waals surface area contributed by atoms with E-state index in [4.69, 9.17) is 11.6 Å². The predicted molar refractivity (Wildman–Crippen MR) is 68.5 cm³/mol. The van der Waals surface area contributed by atoms with E-state index in [9.17, 15) is 9.00 Å². The van der Waals surface area contributed by atoms with Crippen LogP contribution in [0.15, 0.2) is 29.2 Å². The van der Waals surface area contributed by atoms with E-state index >= 15 is 0 Å². The van der Waals surface area contributed by atoms with Crippen LogP contribution in [0.4, 0.5) is 0 Å². The lowest BCUT2D eigenvalue weighted by Crippen LogP contribution is -2.31. The number of ether oxygens (including phenoxy) is 1. The van der Waals surface area contributed by atoms with Gasteiger partial charge in [-0.15, -0.1) is 0 Å². The first kappa shape index (κ1) is 14.2. The maximum atomic E-state index is 12.1. The first-order chi connectivity index (χ1) is 7.86. The van der Waals surface area contributed by atoms with E-state index in [1.807, 2.05) is 0 Å². The molecule has 5 heteroatoms. The Labute approximate surface area is 109 Å². The zero-order chi connectivity index (χ0) is 13.1. The Morgan fingerprint density at radius 3 is 2.35 bits per heavy atom. The summed E-state index contributed by atoms with van der Waals surface area (Å²) in [6.07, 6.45) is 0. The molecule has 0 amide bonds. The van der Waals surface area contributed by atoms with E-state index in [-0.39, 0.29) is 11.7 Å². The number of rotatable bonds is 4. The molecule has 1 atom stereocenters. The summed E-state index contributed by atoms with van der Waals surface area (Å²) in [6.45, 7) is 3.43. The molecule has 0 N–H and O–H groups in total. The molecule has 0 aromatic heterocycles. The number of methoxy groups -OCH3 is 1. The lowest BCUT2D eigenvalue weighted by atomic mass is 9.97. The van der Waals surface area contributed by atoms with Gasteiger partial charge in [0, 0.05) is 15.7 Å². The monoisotopic (exact) mass is 274 g/mol. The molecular weight excluding hydrogens is 260 g/mol. The fourth-order valence-electron chi connectivity index (χ4n) is 1.33. The quantitative estimate of drug-likeness (QED) is 0.793. The molecule has 0 spiro atoms. The van der Waals surface area contributed by atoms with Crippen molar-refractivity contribution in [1.82, 2.24) is 0 Å². The minimum atomic E-state index is -1.24. The number of carbonyl (C=O) groups is 1. The molecule has 0 fully saturated rings. The molecule has 0 bridgehead atoms. The van der Waals surface area contributed by atoms with E-state index < -0.39 is 16.2 Å². The van der Waals surface area contributed by atoms with Gasteiger partial charge in [0.25, 0.3) is 0 Å². The molecule has 1 aromatic carbocycles. The fourth-order valence-corrected chi connectivity index (χ4v) is 2.84. The van der Waals surface area contributed by atoms with Gasteiger partial charge in [-0.25, -0.2) is 0 Å². The Hall–Kier alpha value is -0.870. The third-order valence-electron chi connectivity index (χ3n) is 2.31. The molecule has 17 heavy (non-hydrogen) atoms. The van der Waals surface area contributed by atoms with Crippen LogP contribution >= 0.6 is 11.6 Å². The second-order valence-corrected chi connectivity index (χ2v) is 6.21. The Morgan fingerprint density at radius 2 is 1.88 bits per heavy atom. The Balaban J connectivity index is 2.79. The van der Waals surface area contributed by atoms with Gasteiger partial charge in [0.1, 0.15) is 0 Å². The summed E-state index contributed by atoms with van der Waals surface area (Å²) in [5.41, 5.74) is -0.765. The van der Waals surface area contributed by atoms with Crippen LogP contribution in [0.25, 0.3) is 0 Å². The molecule has 0 saturated heterocycles. The normalized spacial score (nSPS) is 13.2. The number of hydrogen-bond donors (Lipinski definition) is 0. The summed E-state index contributed by atoms with van der Waals surface area (Å²) in [5.74, 6) is -0.138. The molecule has 0 radical (unpaired) electrons. The highest BCUT2D eigenvalue weighted by Crippen LogP contribution is 2.22. The van der Waals surface area contributed by atoms with Gasteiger partial charge in [0.15, 0.2) is 0 Å². The number of benzene rings is 1. The largest absolute Gasteiger partial charge is 0.469 e. The molecule has 0 aliphatic rings. The molecular formula is C12H15ClO3S. The van der Waals surface area contributed by atoms with E-state index in [0.29, 0.717) is 9.92 Å². The van der Waals surface area contributed by atoms with Crippen LogP contribution in [0.5, 0.6) is 0 Å². The van der Waals surface area contributed by atoms with E-state index in [0.717, 1.165) is 0 Å². The maximum absolute atomic E-state index is 12.1. The lowest BCUT2D eigenvalue weighted by Gasteiger charge is -2.20. The van der Waals surface area contributed by atoms with Gasteiger partial charge >= 0.3 is 5.97 Å². The zero-order valence-electron chi connectivity index (χ0n) is 10.0. The third kappa shape index (κ3) is 3.82. The van der Waals surface area contributed by atoms with Crippen molar-refractivity contribution >= 4 is 28.4 Å². The Morgan fingerprint density at radius 1 is 1.35 bits per heavy atom. The predicted octanol–water partition coefficient (Wildman–Crippen LogP) is 2.65. The van der Waals surface area contributed by atoms with Gasteiger partial charge in [0.2, 0.25) is 0 Å². The molecule has 0 heterocycles. The van der Waals surface area contributed by atoms with E-state index in [2.05, 4.69) is 4.74 Å². The van der Waals surface area contributed by atoms with Crippen LogP contribution in [0, 0.1) is 5.41 Å². The number of esters is 1. The van der Waals surface area contributed by atoms with Gasteiger partial charge in [-0.3, -0.25) is 9.00 Å². The van der Waals surface area contributed by atoms with E-state index in [1.165, 1.54) is 7.11 Å². The minimum Gasteiger partial charge on any atom is -0.469 e. The summed E-state index contributed by atoms with van der Waals surface area (Å²) in [4.78, 5) is 12.1. The van der Waals surface area contributed by atoms with Gasteiger partial charge in [-0.1, -0.05) is 11.6 Å². The second-order valence-electron chi connectivity index (χ2n) is 4.32. The van der Waals surface area contributed by atoms with Crippen molar-refractivity contribution in [1.29, 1.82) is 0 Å². The SMILES string of the molecule is COC(=O)C(C)(C)CS(=O)c1ccc(Cl)cc1. The summed E-state index contributed by atoms with van der Waals surface area (Å²) < 4.78 is 16.7. The van der Waals surface area contributed by atoms with Crippen molar-refractivity contribution in [3.05, 3.63) is 29.3 Å². The highest BCUT2D eigenvalue weighted by Gasteiger charge is 2.31. The Kier molecular flexibility index (Phi) is 4.71. The number of halogens is 1. The molecule has 1 aromatic rings. The number of carbonyl (C=O) groups excluding carboxylic acids is 1. The molecule has 1 unspecified atom stereocenters. The molecule has 3 nitrogen and oxygen atoms in total. The van der Waals surface area contributed by atoms with Crippen molar-refractivity contribution in [2.45, 2.75) is 18.7 Å². The van der Waals surface area contributed by atoms with Crippen molar-refractivity contribution in [3.8, 4) is 0 Å². The summed E-state index contributed by atoms with van der Waals surface area (Å²) in [5, 5.41) is 0.595. The smallest absolute Gasteiger partial charge is 0.312 e. The highest BCUT2D eigenvalue weighted by atomic mass is 35.5. The topological polar surface area (TPSA) is 43.4 Å². The van der Waals surface area contributed by atoms with Crippen molar-refractivity contribution in [3.63, 3.8) is 0 Å². The van der Waals surface area contributed by atoms with Gasteiger partial charge in [0.05, 0.1) is 23.3 Å². The van der Waals surface area contributed by atoms with Gasteiger partial charge < -0.3 is 4.74 Å². The van der Waals surface area contributed by atoms with Crippen LogP contribution in [0.1, 0.15) is 13.8 Å². The summed E-state index contributed by atoms with van der Waals surface area (Å²) in [7, 11) is 0.0859. The standard InChI is InChI=1S/C12H15ClO3S/c1-12(2,11(14)16-3)8-17(15)10-6-4-9(13)5-7-10/h4-7H,8H2,1-3H3. The van der Waals surface area contributed by atoms with Crippen molar-refractivity contribution < 1.29 is 13.7 Å². The van der Waals surface area contributed by atoms with Gasteiger partial charge in [-0.2, -0.15) is 0 Å². The van der Waals surface area contributed by atoms with Crippen molar-refractivity contribution in [2.75, 3.05) is 12.9 Å². The first-order valence-electron chi connectivity index (χ1n) is 5.09. The average Bonchev–Trinajstić information content (AvgIpc) is 2.28. The van der Waals surface area contributed by atoms with Crippen LogP contribution in [0.2, 0.25) is 5.02 Å². The minimum absolute atomic E-state index is 0.224. The van der Waals surface area contributed by atoms with Crippen LogP contribution in [-0.4, -0.2) is 23.0 Å². The zero-order valence-corrected chi connectivity index (χ0v) is 11.6. The molecule has 1 rings (SSSR count). The van der Waals surface area contributed by atoms with Gasteiger partial charge in [-0.05, 0) is 38.1 Å². The molecule has 94 valence electrons. The number of hydrogen-bond acceptors (Lipinski definition) is 3. The third-order valence-corrected chi connectivity index (χ3v) is 4.34. The van der Waals surface area contributed by atoms with E-state index in [1.54, 1.807) is 38.1 Å². The average molecular weight is 275 g/mol. The van der Waals surface area contributed by atoms with Crippen LogP contribution < -0.4 is 0 Å². The lowest BCUT2D eigenvalue weighted by molar-refractivity contribution is -0.149. The Bertz CT molecular complexity index is 426. The first-order valence-corrected chi connectivity index (χ1v) is 6.79. The second kappa shape index (κ2) is 5.65. The summed E-state index contributed by atoms with van der Waals surface area (Å²) in [6, 6.07) is 6.76. The van der Waals surface area contributed by atoms with Crippen LogP contribution in [0.3, 0.4) is 0 Å². The van der Waals surface area contributed by atoms with Crippen molar-refractivity contribution in [2.24, 2.45) is 5.41 Å². The maximum Gasteiger partial charge on any atom is 0.312 e.